The van der Waals surface area contributed by atoms with Crippen LogP contribution < -0.4 is 5.32 Å². The van der Waals surface area contributed by atoms with Crippen molar-refractivity contribution in [2.24, 2.45) is 5.92 Å². The molecule has 0 bridgehead atoms. The first-order valence-corrected chi connectivity index (χ1v) is 8.56. The molecule has 0 unspecified atom stereocenters. The summed E-state index contributed by atoms with van der Waals surface area (Å²) in [5, 5.41) is 3.12. The van der Waals surface area contributed by atoms with Crippen LogP contribution in [0.2, 0.25) is 0 Å². The minimum absolute atomic E-state index is 0.0883. The molecule has 2 aliphatic heterocycles. The Morgan fingerprint density at radius 1 is 1.27 bits per heavy atom. The standard InChI is InChI=1S/C16H25N5O/c22-16(18-14-3-4-14)21-11-13(9-19-6-1-2-7-19)10-20-8-5-17-15(20)12-21/h5,8,13-14H,1-4,6-7,9-12H2,(H,18,22)/t13-/m0/s1. The fraction of sp³-hybridized carbons (Fsp3) is 0.750. The first kappa shape index (κ1) is 14.1. The molecule has 0 spiro atoms. The Labute approximate surface area is 131 Å². The Hall–Kier alpha value is -1.56. The lowest BCUT2D eigenvalue weighted by Gasteiger charge is -2.27. The Morgan fingerprint density at radius 3 is 2.86 bits per heavy atom. The van der Waals surface area contributed by atoms with E-state index in [0.29, 0.717) is 18.5 Å². The van der Waals surface area contributed by atoms with Crippen LogP contribution in [0, 0.1) is 5.92 Å². The molecule has 3 heterocycles. The molecule has 3 aliphatic rings. The largest absolute Gasteiger partial charge is 0.335 e. The van der Waals surface area contributed by atoms with E-state index in [2.05, 4.69) is 26.0 Å². The van der Waals surface area contributed by atoms with Crippen molar-refractivity contribution in [3.05, 3.63) is 18.2 Å². The van der Waals surface area contributed by atoms with Gasteiger partial charge in [-0.05, 0) is 38.8 Å². The van der Waals surface area contributed by atoms with Gasteiger partial charge in [-0.25, -0.2) is 9.78 Å². The average Bonchev–Trinajstić information content (AvgIpc) is 3.03. The number of nitrogens with one attached hydrogen (secondary N) is 1. The van der Waals surface area contributed by atoms with Crippen molar-refractivity contribution in [3.63, 3.8) is 0 Å². The molecule has 0 aromatic carbocycles. The molecule has 6 heteroatoms. The molecule has 0 radical (unpaired) electrons. The molecule has 1 N–H and O–H groups in total. The maximum absolute atomic E-state index is 12.5. The molecular formula is C16H25N5O. The average molecular weight is 303 g/mol. The van der Waals surface area contributed by atoms with Crippen molar-refractivity contribution in [2.45, 2.75) is 44.8 Å². The van der Waals surface area contributed by atoms with Gasteiger partial charge in [0.2, 0.25) is 0 Å². The van der Waals surface area contributed by atoms with Gasteiger partial charge in [-0.15, -0.1) is 0 Å². The second kappa shape index (κ2) is 5.91. The van der Waals surface area contributed by atoms with Crippen molar-refractivity contribution >= 4 is 6.03 Å². The minimum Gasteiger partial charge on any atom is -0.335 e. The van der Waals surface area contributed by atoms with E-state index >= 15 is 0 Å². The number of urea groups is 1. The molecule has 6 nitrogen and oxygen atoms in total. The molecular weight excluding hydrogens is 278 g/mol. The van der Waals surface area contributed by atoms with Crippen LogP contribution >= 0.6 is 0 Å². The highest BCUT2D eigenvalue weighted by atomic mass is 16.2. The molecule has 1 atom stereocenters. The van der Waals surface area contributed by atoms with E-state index in [9.17, 15) is 4.79 Å². The van der Waals surface area contributed by atoms with Gasteiger partial charge in [-0.2, -0.15) is 0 Å². The zero-order chi connectivity index (χ0) is 14.9. The zero-order valence-electron chi connectivity index (χ0n) is 13.1. The number of fused-ring (bicyclic) bond motifs is 1. The zero-order valence-corrected chi connectivity index (χ0v) is 13.1. The van der Waals surface area contributed by atoms with Crippen molar-refractivity contribution < 1.29 is 4.79 Å². The van der Waals surface area contributed by atoms with Gasteiger partial charge < -0.3 is 19.7 Å². The molecule has 1 saturated heterocycles. The van der Waals surface area contributed by atoms with Crippen molar-refractivity contribution in [2.75, 3.05) is 26.2 Å². The number of amides is 2. The second-order valence-corrected chi connectivity index (χ2v) is 6.97. The topological polar surface area (TPSA) is 53.4 Å². The maximum atomic E-state index is 12.5. The van der Waals surface area contributed by atoms with Gasteiger partial charge in [0.1, 0.15) is 5.82 Å². The van der Waals surface area contributed by atoms with Crippen molar-refractivity contribution in [3.8, 4) is 0 Å². The van der Waals surface area contributed by atoms with E-state index in [1.807, 2.05) is 11.1 Å². The Balaban J connectivity index is 1.47. The summed E-state index contributed by atoms with van der Waals surface area (Å²) in [4.78, 5) is 21.4. The summed E-state index contributed by atoms with van der Waals surface area (Å²) < 4.78 is 2.23. The van der Waals surface area contributed by atoms with Crippen LogP contribution in [0.3, 0.4) is 0 Å². The lowest BCUT2D eigenvalue weighted by Crippen LogP contribution is -2.44. The second-order valence-electron chi connectivity index (χ2n) is 6.97. The number of imidazole rings is 1. The van der Waals surface area contributed by atoms with Gasteiger partial charge in [-0.3, -0.25) is 0 Å². The molecule has 1 saturated carbocycles. The van der Waals surface area contributed by atoms with Gasteiger partial charge in [0.25, 0.3) is 0 Å². The van der Waals surface area contributed by atoms with E-state index in [1.54, 1.807) is 0 Å². The molecule has 1 aromatic heterocycles. The molecule has 22 heavy (non-hydrogen) atoms. The summed E-state index contributed by atoms with van der Waals surface area (Å²) in [6.45, 7) is 5.94. The Kier molecular flexibility index (Phi) is 3.78. The van der Waals surface area contributed by atoms with Crippen LogP contribution in [0.5, 0.6) is 0 Å². The summed E-state index contributed by atoms with van der Waals surface area (Å²) in [5.74, 6) is 1.49. The number of carbonyl (C=O) groups is 1. The SMILES string of the molecule is O=C(NC1CC1)N1Cc2nccn2C[C@H](CN2CCCC2)C1. The van der Waals surface area contributed by atoms with E-state index in [4.69, 9.17) is 0 Å². The van der Waals surface area contributed by atoms with Gasteiger partial charge in [-0.1, -0.05) is 0 Å². The summed E-state index contributed by atoms with van der Waals surface area (Å²) in [6.07, 6.45) is 8.79. The first-order chi connectivity index (χ1) is 10.8. The first-order valence-electron chi connectivity index (χ1n) is 8.56. The van der Waals surface area contributed by atoms with Crippen LogP contribution in [0.25, 0.3) is 0 Å². The number of rotatable bonds is 3. The van der Waals surface area contributed by atoms with Crippen LogP contribution in [0.4, 0.5) is 4.79 Å². The lowest BCUT2D eigenvalue weighted by atomic mass is 10.1. The highest BCUT2D eigenvalue weighted by Crippen LogP contribution is 2.22. The summed E-state index contributed by atoms with van der Waals surface area (Å²) in [5.41, 5.74) is 0. The third-order valence-electron chi connectivity index (χ3n) is 4.97. The van der Waals surface area contributed by atoms with Crippen LogP contribution in [0.1, 0.15) is 31.5 Å². The highest BCUT2D eigenvalue weighted by molar-refractivity contribution is 5.74. The number of likely N-dealkylation sites (tertiary alicyclic amines) is 1. The summed E-state index contributed by atoms with van der Waals surface area (Å²) >= 11 is 0. The van der Waals surface area contributed by atoms with Crippen LogP contribution in [-0.4, -0.2) is 57.6 Å². The van der Waals surface area contributed by atoms with E-state index in [1.165, 1.54) is 25.9 Å². The minimum atomic E-state index is 0.0883. The highest BCUT2D eigenvalue weighted by Gasteiger charge is 2.30. The lowest BCUT2D eigenvalue weighted by molar-refractivity contribution is 0.173. The fourth-order valence-corrected chi connectivity index (χ4v) is 3.63. The monoisotopic (exact) mass is 303 g/mol. The molecule has 1 aromatic rings. The Morgan fingerprint density at radius 2 is 2.09 bits per heavy atom. The molecule has 4 rings (SSSR count). The maximum Gasteiger partial charge on any atom is 0.318 e. The number of aromatic nitrogens is 2. The van der Waals surface area contributed by atoms with Gasteiger partial charge >= 0.3 is 6.03 Å². The van der Waals surface area contributed by atoms with Crippen molar-refractivity contribution in [1.29, 1.82) is 0 Å². The number of hydrogen-bond acceptors (Lipinski definition) is 3. The normalized spacial score (nSPS) is 25.8. The molecule has 1 aliphatic carbocycles. The smallest absolute Gasteiger partial charge is 0.318 e. The third-order valence-corrected chi connectivity index (χ3v) is 4.97. The number of carbonyl (C=O) groups excluding carboxylic acids is 1. The van der Waals surface area contributed by atoms with Crippen LogP contribution in [0.15, 0.2) is 12.4 Å². The third kappa shape index (κ3) is 3.11. The van der Waals surface area contributed by atoms with E-state index in [0.717, 1.165) is 38.3 Å². The van der Waals surface area contributed by atoms with Crippen LogP contribution in [-0.2, 0) is 13.1 Å². The number of hydrogen-bond donors (Lipinski definition) is 1. The predicted molar refractivity (Wildman–Crippen MR) is 83.4 cm³/mol. The van der Waals surface area contributed by atoms with Gasteiger partial charge in [0, 0.05) is 44.0 Å². The number of nitrogens with zero attached hydrogens (tertiary/aromatic N) is 4. The molecule has 2 amide bonds. The molecule has 120 valence electrons. The predicted octanol–water partition coefficient (Wildman–Crippen LogP) is 1.28. The summed E-state index contributed by atoms with van der Waals surface area (Å²) in [7, 11) is 0. The van der Waals surface area contributed by atoms with E-state index < -0.39 is 0 Å². The van der Waals surface area contributed by atoms with Gasteiger partial charge in [0.15, 0.2) is 0 Å². The molecule has 2 fully saturated rings. The summed E-state index contributed by atoms with van der Waals surface area (Å²) in [6, 6.07) is 0.498. The van der Waals surface area contributed by atoms with E-state index in [-0.39, 0.29) is 6.03 Å². The quantitative estimate of drug-likeness (QED) is 0.915. The Bertz CT molecular complexity index is 532. The van der Waals surface area contributed by atoms with Crippen molar-refractivity contribution in [1.82, 2.24) is 24.7 Å². The fourth-order valence-electron chi connectivity index (χ4n) is 3.63. The van der Waals surface area contributed by atoms with Gasteiger partial charge in [0.05, 0.1) is 6.54 Å².